The van der Waals surface area contributed by atoms with Gasteiger partial charge in [0.1, 0.15) is 11.9 Å². The number of nitriles is 1. The molecule has 0 saturated heterocycles. The number of aromatic nitrogens is 1. The minimum absolute atomic E-state index is 0.454. The van der Waals surface area contributed by atoms with E-state index in [1.54, 1.807) is 12.3 Å². The predicted molar refractivity (Wildman–Crippen MR) is 78.9 cm³/mol. The molecule has 0 aromatic carbocycles. The zero-order valence-electron chi connectivity index (χ0n) is 12.0. The van der Waals surface area contributed by atoms with E-state index >= 15 is 0 Å². The summed E-state index contributed by atoms with van der Waals surface area (Å²) in [6.07, 6.45) is 3.51. The average Bonchev–Trinajstić information content (AvgIpc) is 2.37. The fourth-order valence-corrected chi connectivity index (χ4v) is 2.78. The van der Waals surface area contributed by atoms with Gasteiger partial charge in [-0.05, 0) is 25.0 Å². The van der Waals surface area contributed by atoms with Crippen molar-refractivity contribution in [3.63, 3.8) is 0 Å². The molecule has 20 heavy (non-hydrogen) atoms. The normalized spacial score (nSPS) is 11.3. The van der Waals surface area contributed by atoms with Crippen molar-refractivity contribution < 1.29 is 8.42 Å². The van der Waals surface area contributed by atoms with Crippen LogP contribution >= 0.6 is 0 Å². The van der Waals surface area contributed by atoms with Gasteiger partial charge in [0.25, 0.3) is 0 Å². The molecule has 0 atom stereocenters. The summed E-state index contributed by atoms with van der Waals surface area (Å²) in [5, 5.41) is 12.2. The van der Waals surface area contributed by atoms with Gasteiger partial charge in [-0.25, -0.2) is 17.7 Å². The van der Waals surface area contributed by atoms with E-state index in [-0.39, 0.29) is 0 Å². The Bertz CT molecular complexity index is 593. The lowest BCUT2D eigenvalue weighted by Crippen LogP contribution is -2.31. The van der Waals surface area contributed by atoms with Gasteiger partial charge in [-0.3, -0.25) is 0 Å². The second-order valence-corrected chi connectivity index (χ2v) is 6.48. The van der Waals surface area contributed by atoms with Crippen molar-refractivity contribution in [2.24, 2.45) is 0 Å². The van der Waals surface area contributed by atoms with Gasteiger partial charge in [-0.1, -0.05) is 6.92 Å². The summed E-state index contributed by atoms with van der Waals surface area (Å²) in [6.45, 7) is 5.15. The highest BCUT2D eigenvalue weighted by atomic mass is 32.2. The fraction of sp³-hybridized carbons (Fsp3) is 0.538. The highest BCUT2D eigenvalue weighted by Gasteiger charge is 2.13. The zero-order valence-corrected chi connectivity index (χ0v) is 12.9. The number of nitrogens with one attached hydrogen (secondary N) is 1. The molecule has 0 saturated carbocycles. The van der Waals surface area contributed by atoms with Crippen LogP contribution < -0.4 is 5.32 Å². The molecule has 7 heteroatoms. The van der Waals surface area contributed by atoms with Crippen LogP contribution in [0.25, 0.3) is 0 Å². The lowest BCUT2D eigenvalue weighted by Gasteiger charge is -2.17. The summed E-state index contributed by atoms with van der Waals surface area (Å²) >= 11 is 0. The Hall–Kier alpha value is -1.65. The molecule has 0 aliphatic carbocycles. The maximum absolute atomic E-state index is 11.4. The molecule has 0 aliphatic heterocycles. The first-order valence-electron chi connectivity index (χ1n) is 6.44. The first-order valence-corrected chi connectivity index (χ1v) is 8.29. The molecule has 6 nitrogen and oxygen atoms in total. The van der Waals surface area contributed by atoms with Crippen molar-refractivity contribution in [2.75, 3.05) is 31.2 Å². The molecular weight excluding hydrogens is 276 g/mol. The van der Waals surface area contributed by atoms with Crippen molar-refractivity contribution in [3.8, 4) is 6.07 Å². The summed E-state index contributed by atoms with van der Waals surface area (Å²) in [5.74, 6) is 0.551. The molecule has 0 unspecified atom stereocenters. The highest BCUT2D eigenvalue weighted by molar-refractivity contribution is 7.88. The Morgan fingerprint density at radius 2 is 2.20 bits per heavy atom. The second kappa shape index (κ2) is 7.22. The Balaban J connectivity index is 2.54. The molecule has 0 bridgehead atoms. The van der Waals surface area contributed by atoms with Crippen LogP contribution in [0.3, 0.4) is 0 Å². The molecule has 0 radical (unpaired) electrons. The van der Waals surface area contributed by atoms with Gasteiger partial charge in [0.2, 0.25) is 10.0 Å². The fourth-order valence-electron chi connectivity index (χ4n) is 1.85. The summed E-state index contributed by atoms with van der Waals surface area (Å²) in [4.78, 5) is 4.13. The summed E-state index contributed by atoms with van der Waals surface area (Å²) in [6, 6.07) is 3.90. The molecule has 1 rings (SSSR count). The van der Waals surface area contributed by atoms with Crippen molar-refractivity contribution in [2.45, 2.75) is 20.3 Å². The van der Waals surface area contributed by atoms with Crippen molar-refractivity contribution in [1.29, 1.82) is 5.26 Å². The van der Waals surface area contributed by atoms with Crippen molar-refractivity contribution >= 4 is 15.8 Å². The Morgan fingerprint density at radius 1 is 1.50 bits per heavy atom. The Morgan fingerprint density at radius 3 is 2.75 bits per heavy atom. The van der Waals surface area contributed by atoms with E-state index in [0.717, 1.165) is 5.56 Å². The highest BCUT2D eigenvalue weighted by Crippen LogP contribution is 2.14. The maximum atomic E-state index is 11.4. The average molecular weight is 296 g/mol. The molecule has 0 amide bonds. The van der Waals surface area contributed by atoms with Gasteiger partial charge >= 0.3 is 0 Å². The van der Waals surface area contributed by atoms with Crippen molar-refractivity contribution in [1.82, 2.24) is 9.29 Å². The summed E-state index contributed by atoms with van der Waals surface area (Å²) in [7, 11) is -3.14. The maximum Gasteiger partial charge on any atom is 0.211 e. The molecular formula is C13H20N4O2S. The molecule has 1 aromatic heterocycles. The van der Waals surface area contributed by atoms with E-state index < -0.39 is 10.0 Å². The molecule has 0 fully saturated rings. The molecule has 110 valence electrons. The first kappa shape index (κ1) is 16.4. The van der Waals surface area contributed by atoms with E-state index in [1.165, 1.54) is 10.6 Å². The van der Waals surface area contributed by atoms with Crippen LogP contribution in [0.5, 0.6) is 0 Å². The van der Waals surface area contributed by atoms with E-state index in [0.29, 0.717) is 37.4 Å². The number of rotatable bonds is 7. The number of anilines is 1. The Kier molecular flexibility index (Phi) is 5.92. The number of sulfonamides is 1. The number of hydrogen-bond acceptors (Lipinski definition) is 5. The number of hydrogen-bond donors (Lipinski definition) is 1. The Labute approximate surface area is 120 Å². The van der Waals surface area contributed by atoms with Crippen LogP contribution in [0.1, 0.15) is 24.5 Å². The quantitative estimate of drug-likeness (QED) is 0.767. The van der Waals surface area contributed by atoms with Crippen LogP contribution in [0, 0.1) is 18.3 Å². The first-order chi connectivity index (χ1) is 9.40. The van der Waals surface area contributed by atoms with Crippen LogP contribution in [-0.2, 0) is 10.0 Å². The standard InChI is InChI=1S/C13H20N4O2S/c1-4-17(20(3,18)19)9-5-7-15-13-12(10-14)11(2)6-8-16-13/h6,8H,4-5,7,9H2,1-3H3,(H,15,16). The number of pyridine rings is 1. The van der Waals surface area contributed by atoms with Gasteiger partial charge in [0.15, 0.2) is 0 Å². The van der Waals surface area contributed by atoms with E-state index in [1.807, 2.05) is 13.8 Å². The topological polar surface area (TPSA) is 86.1 Å². The molecule has 1 aromatic rings. The predicted octanol–water partition coefficient (Wildman–Crippen LogP) is 1.35. The van der Waals surface area contributed by atoms with Crippen LogP contribution in [-0.4, -0.2) is 43.6 Å². The molecule has 1 heterocycles. The molecule has 1 N–H and O–H groups in total. The van der Waals surface area contributed by atoms with Crippen LogP contribution in [0.2, 0.25) is 0 Å². The number of aryl methyl sites for hydroxylation is 1. The van der Waals surface area contributed by atoms with Crippen LogP contribution in [0.15, 0.2) is 12.3 Å². The lowest BCUT2D eigenvalue weighted by atomic mass is 10.1. The van der Waals surface area contributed by atoms with Gasteiger partial charge in [-0.15, -0.1) is 0 Å². The van der Waals surface area contributed by atoms with Gasteiger partial charge in [0.05, 0.1) is 11.8 Å². The second-order valence-electron chi connectivity index (χ2n) is 4.50. The van der Waals surface area contributed by atoms with E-state index in [9.17, 15) is 8.42 Å². The van der Waals surface area contributed by atoms with Crippen molar-refractivity contribution in [3.05, 3.63) is 23.4 Å². The van der Waals surface area contributed by atoms with E-state index in [2.05, 4.69) is 16.4 Å². The van der Waals surface area contributed by atoms with E-state index in [4.69, 9.17) is 5.26 Å². The largest absolute Gasteiger partial charge is 0.369 e. The third kappa shape index (κ3) is 4.47. The smallest absolute Gasteiger partial charge is 0.211 e. The SMILES string of the molecule is CCN(CCCNc1nccc(C)c1C#N)S(C)(=O)=O. The third-order valence-corrected chi connectivity index (χ3v) is 4.35. The van der Waals surface area contributed by atoms with Gasteiger partial charge in [0, 0.05) is 25.8 Å². The van der Waals surface area contributed by atoms with Gasteiger partial charge in [-0.2, -0.15) is 5.26 Å². The molecule has 0 aliphatic rings. The minimum atomic E-state index is -3.14. The zero-order chi connectivity index (χ0) is 15.2. The summed E-state index contributed by atoms with van der Waals surface area (Å²) < 4.78 is 24.3. The van der Waals surface area contributed by atoms with Gasteiger partial charge < -0.3 is 5.32 Å². The minimum Gasteiger partial charge on any atom is -0.369 e. The monoisotopic (exact) mass is 296 g/mol. The molecule has 0 spiro atoms. The summed E-state index contributed by atoms with van der Waals surface area (Å²) in [5.41, 5.74) is 1.40. The lowest BCUT2D eigenvalue weighted by molar-refractivity contribution is 0.428. The van der Waals surface area contributed by atoms with Crippen LogP contribution in [0.4, 0.5) is 5.82 Å². The number of nitrogens with zero attached hydrogens (tertiary/aromatic N) is 3. The third-order valence-electron chi connectivity index (χ3n) is 2.97.